The van der Waals surface area contributed by atoms with Gasteiger partial charge >= 0.3 is 6.03 Å². The highest BCUT2D eigenvalue weighted by Crippen LogP contribution is 2.58. The second kappa shape index (κ2) is 6.53. The predicted octanol–water partition coefficient (Wildman–Crippen LogP) is 1.51. The van der Waals surface area contributed by atoms with E-state index in [1.54, 1.807) is 7.11 Å². The first-order chi connectivity index (χ1) is 10.2. The zero-order valence-electron chi connectivity index (χ0n) is 12.9. The molecule has 0 aromatic rings. The molecule has 3 rings (SSSR count). The van der Waals surface area contributed by atoms with Crippen molar-refractivity contribution in [3.63, 3.8) is 0 Å². The van der Waals surface area contributed by atoms with Gasteiger partial charge in [0, 0.05) is 19.7 Å². The van der Waals surface area contributed by atoms with Gasteiger partial charge in [0.05, 0.1) is 12.7 Å². The van der Waals surface area contributed by atoms with Crippen molar-refractivity contribution in [2.75, 3.05) is 20.3 Å². The zero-order valence-corrected chi connectivity index (χ0v) is 12.9. The molecular formula is C16H28N2O3. The first kappa shape index (κ1) is 15.1. The number of aliphatic hydroxyl groups is 1. The monoisotopic (exact) mass is 296 g/mol. The van der Waals surface area contributed by atoms with Crippen molar-refractivity contribution in [1.29, 1.82) is 0 Å². The second-order valence-electron chi connectivity index (χ2n) is 7.06. The molecular weight excluding hydrogens is 268 g/mol. The Balaban J connectivity index is 1.38. The van der Waals surface area contributed by atoms with Crippen LogP contribution in [0.4, 0.5) is 4.79 Å². The molecule has 0 spiro atoms. The highest BCUT2D eigenvalue weighted by Gasteiger charge is 2.53. The first-order valence-electron chi connectivity index (χ1n) is 8.40. The van der Waals surface area contributed by atoms with Crippen LogP contribution >= 0.6 is 0 Å². The Bertz CT molecular complexity index is 377. The van der Waals surface area contributed by atoms with E-state index in [9.17, 15) is 9.90 Å². The van der Waals surface area contributed by atoms with Gasteiger partial charge in [0.2, 0.25) is 0 Å². The minimum Gasteiger partial charge on any atom is -0.391 e. The molecule has 5 nitrogen and oxygen atoms in total. The van der Waals surface area contributed by atoms with Crippen LogP contribution in [0.5, 0.6) is 0 Å². The first-order valence-corrected chi connectivity index (χ1v) is 8.40. The molecule has 6 unspecified atom stereocenters. The fourth-order valence-corrected chi connectivity index (χ4v) is 5.08. The molecule has 3 aliphatic carbocycles. The van der Waals surface area contributed by atoms with Crippen LogP contribution in [-0.2, 0) is 4.74 Å². The molecule has 21 heavy (non-hydrogen) atoms. The van der Waals surface area contributed by atoms with Crippen molar-refractivity contribution in [3.8, 4) is 0 Å². The normalized spacial score (nSPS) is 38.3. The van der Waals surface area contributed by atoms with Gasteiger partial charge in [0.15, 0.2) is 0 Å². The van der Waals surface area contributed by atoms with Gasteiger partial charge in [-0.05, 0) is 55.8 Å². The molecule has 2 amide bonds. The number of methoxy groups -OCH3 is 1. The minimum atomic E-state index is -0.503. The Morgan fingerprint density at radius 2 is 2.10 bits per heavy atom. The van der Waals surface area contributed by atoms with Crippen LogP contribution in [0.1, 0.15) is 38.5 Å². The van der Waals surface area contributed by atoms with Crippen molar-refractivity contribution in [2.45, 2.75) is 50.7 Å². The number of amides is 2. The Morgan fingerprint density at radius 1 is 1.29 bits per heavy atom. The average Bonchev–Trinajstić information content (AvgIpc) is 3.10. The summed E-state index contributed by atoms with van der Waals surface area (Å²) in [6.45, 7) is 0.808. The van der Waals surface area contributed by atoms with Gasteiger partial charge < -0.3 is 20.5 Å². The van der Waals surface area contributed by atoms with E-state index in [-0.39, 0.29) is 6.03 Å². The maximum Gasteiger partial charge on any atom is 0.315 e. The van der Waals surface area contributed by atoms with E-state index in [1.165, 1.54) is 32.1 Å². The van der Waals surface area contributed by atoms with Crippen LogP contribution in [0.2, 0.25) is 0 Å². The molecule has 0 aromatic carbocycles. The molecule has 120 valence electrons. The number of aliphatic hydroxyl groups excluding tert-OH is 1. The predicted molar refractivity (Wildman–Crippen MR) is 79.9 cm³/mol. The maximum absolute atomic E-state index is 12.0. The number of ether oxygens (including phenoxy) is 1. The van der Waals surface area contributed by atoms with Gasteiger partial charge in [0.25, 0.3) is 0 Å². The molecule has 2 bridgehead atoms. The summed E-state index contributed by atoms with van der Waals surface area (Å²) in [7, 11) is 1.56. The third-order valence-corrected chi connectivity index (χ3v) is 5.87. The molecule has 0 aromatic heterocycles. The summed E-state index contributed by atoms with van der Waals surface area (Å²) >= 11 is 0. The minimum absolute atomic E-state index is 0.0771. The fraction of sp³-hybridized carbons (Fsp3) is 0.938. The second-order valence-corrected chi connectivity index (χ2v) is 7.06. The molecule has 6 atom stereocenters. The smallest absolute Gasteiger partial charge is 0.315 e. The lowest BCUT2D eigenvalue weighted by Gasteiger charge is -2.32. The summed E-state index contributed by atoms with van der Waals surface area (Å²) in [5.41, 5.74) is 0. The van der Waals surface area contributed by atoms with Gasteiger partial charge in [-0.25, -0.2) is 4.79 Å². The number of fused-ring (bicyclic) bond motifs is 5. The number of hydrogen-bond acceptors (Lipinski definition) is 3. The number of hydrogen-bond donors (Lipinski definition) is 3. The highest BCUT2D eigenvalue weighted by atomic mass is 16.5. The van der Waals surface area contributed by atoms with Crippen molar-refractivity contribution in [1.82, 2.24) is 10.6 Å². The van der Waals surface area contributed by atoms with Crippen molar-refractivity contribution >= 4 is 6.03 Å². The van der Waals surface area contributed by atoms with Crippen LogP contribution < -0.4 is 10.6 Å². The van der Waals surface area contributed by atoms with Gasteiger partial charge in [-0.2, -0.15) is 0 Å². The molecule has 3 saturated carbocycles. The van der Waals surface area contributed by atoms with Gasteiger partial charge in [-0.15, -0.1) is 0 Å². The number of carbonyl (C=O) groups excluding carboxylic acids is 1. The Kier molecular flexibility index (Phi) is 4.69. The lowest BCUT2D eigenvalue weighted by molar-refractivity contribution is 0.0598. The lowest BCUT2D eigenvalue weighted by Crippen LogP contribution is -2.47. The zero-order chi connectivity index (χ0) is 14.8. The topological polar surface area (TPSA) is 70.6 Å². The molecule has 0 radical (unpaired) electrons. The fourth-order valence-electron chi connectivity index (χ4n) is 5.08. The Labute approximate surface area is 126 Å². The number of nitrogens with one attached hydrogen (secondary N) is 2. The van der Waals surface area contributed by atoms with E-state index in [2.05, 4.69) is 10.6 Å². The summed E-state index contributed by atoms with van der Waals surface area (Å²) in [6.07, 6.45) is 6.70. The van der Waals surface area contributed by atoms with E-state index in [0.717, 1.165) is 17.8 Å². The SMILES string of the molecule is COCC(O)CCNC(=O)NC1CC2CC1C1CCCC21. The molecule has 3 aliphatic rings. The standard InChI is InChI=1S/C16H28N2O3/c1-21-9-11(19)5-6-17-16(20)18-15-8-10-7-14(15)13-4-2-3-12(10)13/h10-15,19H,2-9H2,1H3,(H2,17,18,20). The van der Waals surface area contributed by atoms with Crippen LogP contribution in [0, 0.1) is 23.7 Å². The van der Waals surface area contributed by atoms with Crippen molar-refractivity contribution in [3.05, 3.63) is 0 Å². The van der Waals surface area contributed by atoms with E-state index >= 15 is 0 Å². The van der Waals surface area contributed by atoms with Crippen LogP contribution in [0.25, 0.3) is 0 Å². The molecule has 0 saturated heterocycles. The Morgan fingerprint density at radius 3 is 2.90 bits per heavy atom. The van der Waals surface area contributed by atoms with Crippen molar-refractivity contribution in [2.24, 2.45) is 23.7 Å². The summed E-state index contributed by atoms with van der Waals surface area (Å²) in [5.74, 6) is 3.40. The van der Waals surface area contributed by atoms with Gasteiger partial charge in [-0.3, -0.25) is 0 Å². The molecule has 3 fully saturated rings. The summed E-state index contributed by atoms with van der Waals surface area (Å²) in [4.78, 5) is 12.0. The van der Waals surface area contributed by atoms with Crippen LogP contribution in [-0.4, -0.2) is 43.5 Å². The van der Waals surface area contributed by atoms with Gasteiger partial charge in [-0.1, -0.05) is 6.42 Å². The number of carbonyl (C=O) groups is 1. The molecule has 3 N–H and O–H groups in total. The maximum atomic E-state index is 12.0. The van der Waals surface area contributed by atoms with E-state index in [1.807, 2.05) is 0 Å². The summed E-state index contributed by atoms with van der Waals surface area (Å²) in [5, 5.41) is 15.6. The summed E-state index contributed by atoms with van der Waals surface area (Å²) < 4.78 is 4.86. The van der Waals surface area contributed by atoms with E-state index < -0.39 is 6.10 Å². The van der Waals surface area contributed by atoms with Crippen LogP contribution in [0.15, 0.2) is 0 Å². The lowest BCUT2D eigenvalue weighted by atomic mass is 9.79. The molecule has 0 heterocycles. The third-order valence-electron chi connectivity index (χ3n) is 5.87. The Hall–Kier alpha value is -0.810. The van der Waals surface area contributed by atoms with E-state index in [4.69, 9.17) is 4.74 Å². The quantitative estimate of drug-likeness (QED) is 0.696. The van der Waals surface area contributed by atoms with E-state index in [0.29, 0.717) is 31.5 Å². The third kappa shape index (κ3) is 3.19. The average molecular weight is 296 g/mol. The largest absolute Gasteiger partial charge is 0.391 e. The molecule has 0 aliphatic heterocycles. The summed E-state index contributed by atoms with van der Waals surface area (Å²) in [6, 6.07) is 0.296. The number of urea groups is 1. The number of rotatable bonds is 6. The van der Waals surface area contributed by atoms with Crippen LogP contribution in [0.3, 0.4) is 0 Å². The van der Waals surface area contributed by atoms with Gasteiger partial charge in [0.1, 0.15) is 0 Å². The highest BCUT2D eigenvalue weighted by molar-refractivity contribution is 5.74. The van der Waals surface area contributed by atoms with Crippen molar-refractivity contribution < 1.29 is 14.6 Å². The molecule has 5 heteroatoms.